The van der Waals surface area contributed by atoms with Crippen molar-refractivity contribution in [2.75, 3.05) is 13.1 Å². The minimum Gasteiger partial charge on any atom is -0.366 e. The van der Waals surface area contributed by atoms with Gasteiger partial charge in [0, 0.05) is 24.7 Å². The van der Waals surface area contributed by atoms with Crippen LogP contribution < -0.4 is 5.73 Å². The molecule has 2 N–H and O–H groups in total. The second-order valence-electron chi connectivity index (χ2n) is 7.55. The van der Waals surface area contributed by atoms with Gasteiger partial charge in [0.25, 0.3) is 5.91 Å². The van der Waals surface area contributed by atoms with Crippen LogP contribution in [0.4, 0.5) is 0 Å². The van der Waals surface area contributed by atoms with E-state index < -0.39 is 11.8 Å². The lowest BCUT2D eigenvalue weighted by molar-refractivity contribution is -0.135. The van der Waals surface area contributed by atoms with Crippen LogP contribution in [0.5, 0.6) is 0 Å². The summed E-state index contributed by atoms with van der Waals surface area (Å²) < 4.78 is 0. The minimum absolute atomic E-state index is 0.0967. The number of hydrazone groups is 1. The van der Waals surface area contributed by atoms with Crippen molar-refractivity contribution in [3.63, 3.8) is 0 Å². The van der Waals surface area contributed by atoms with Gasteiger partial charge in [0.1, 0.15) is 5.92 Å². The number of hydrogen-bond acceptors (Lipinski definition) is 4. The topological polar surface area (TPSA) is 79.0 Å². The number of allylic oxidation sites excluding steroid dienone is 3. The van der Waals surface area contributed by atoms with Crippen LogP contribution in [0.2, 0.25) is 0 Å². The van der Waals surface area contributed by atoms with E-state index in [1.54, 1.807) is 17.2 Å². The van der Waals surface area contributed by atoms with Crippen LogP contribution in [-0.4, -0.2) is 52.6 Å². The number of rotatable bonds is 3. The number of primary amides is 1. The van der Waals surface area contributed by atoms with Gasteiger partial charge in [-0.1, -0.05) is 31.4 Å². The summed E-state index contributed by atoms with van der Waals surface area (Å²) in [7, 11) is 0. The van der Waals surface area contributed by atoms with Gasteiger partial charge in [0.15, 0.2) is 0 Å². The van der Waals surface area contributed by atoms with Gasteiger partial charge >= 0.3 is 0 Å². The Balaban J connectivity index is 1.42. The second-order valence-corrected chi connectivity index (χ2v) is 7.55. The molecule has 1 atom stereocenters. The average Bonchev–Trinajstić information content (AvgIpc) is 2.99. The molecule has 2 heterocycles. The molecule has 2 aliphatic carbocycles. The first kappa shape index (κ1) is 16.5. The molecule has 4 aliphatic rings. The second kappa shape index (κ2) is 6.75. The third kappa shape index (κ3) is 3.03. The van der Waals surface area contributed by atoms with E-state index in [-0.39, 0.29) is 11.9 Å². The van der Waals surface area contributed by atoms with Gasteiger partial charge in [-0.2, -0.15) is 5.10 Å². The maximum atomic E-state index is 12.9. The third-order valence-electron chi connectivity index (χ3n) is 6.07. The molecule has 0 radical (unpaired) electrons. The fourth-order valence-corrected chi connectivity index (χ4v) is 4.69. The number of likely N-dealkylation sites (tertiary alicyclic amines) is 1. The highest BCUT2D eigenvalue weighted by molar-refractivity contribution is 6.21. The van der Waals surface area contributed by atoms with Crippen LogP contribution in [-0.2, 0) is 9.59 Å². The van der Waals surface area contributed by atoms with Crippen LogP contribution in [0, 0.1) is 5.92 Å². The highest BCUT2D eigenvalue weighted by Gasteiger charge is 2.43. The first-order valence-electron chi connectivity index (χ1n) is 9.49. The number of carbonyl (C=O) groups is 2. The molecule has 4 rings (SSSR count). The summed E-state index contributed by atoms with van der Waals surface area (Å²) in [5, 5.41) is 6.16. The Kier molecular flexibility index (Phi) is 4.46. The molecule has 2 fully saturated rings. The molecular formula is C19H26N4O2. The van der Waals surface area contributed by atoms with E-state index in [0.29, 0.717) is 11.3 Å². The molecule has 6 heteroatoms. The molecule has 0 bridgehead atoms. The van der Waals surface area contributed by atoms with Crippen molar-refractivity contribution in [2.24, 2.45) is 16.8 Å². The maximum absolute atomic E-state index is 12.9. The first-order valence-corrected chi connectivity index (χ1v) is 9.49. The Hall–Kier alpha value is -1.95. The van der Waals surface area contributed by atoms with Crippen LogP contribution >= 0.6 is 0 Å². The lowest BCUT2D eigenvalue weighted by Crippen LogP contribution is -2.48. The Bertz CT molecular complexity index is 652. The van der Waals surface area contributed by atoms with Gasteiger partial charge in [-0.3, -0.25) is 9.59 Å². The van der Waals surface area contributed by atoms with Crippen LogP contribution in [0.1, 0.15) is 44.9 Å². The summed E-state index contributed by atoms with van der Waals surface area (Å²) in [5.41, 5.74) is 6.44. The molecule has 134 valence electrons. The molecule has 2 amide bonds. The van der Waals surface area contributed by atoms with Gasteiger partial charge in [-0.15, -0.1) is 0 Å². The summed E-state index contributed by atoms with van der Waals surface area (Å²) in [6.45, 7) is 2.06. The predicted octanol–water partition coefficient (Wildman–Crippen LogP) is 1.58. The molecule has 25 heavy (non-hydrogen) atoms. The molecule has 0 aromatic heterocycles. The van der Waals surface area contributed by atoms with E-state index >= 15 is 0 Å². The summed E-state index contributed by atoms with van der Waals surface area (Å²) in [4.78, 5) is 27.1. The van der Waals surface area contributed by atoms with Crippen LogP contribution in [0.25, 0.3) is 0 Å². The fourth-order valence-electron chi connectivity index (χ4n) is 4.69. The van der Waals surface area contributed by atoms with Crippen molar-refractivity contribution in [1.29, 1.82) is 0 Å². The van der Waals surface area contributed by atoms with Crippen molar-refractivity contribution < 1.29 is 9.59 Å². The molecule has 0 aromatic carbocycles. The number of piperidine rings is 1. The zero-order chi connectivity index (χ0) is 17.4. The van der Waals surface area contributed by atoms with Crippen molar-refractivity contribution in [3.8, 4) is 0 Å². The number of nitrogens with two attached hydrogens (primary N) is 1. The highest BCUT2D eigenvalue weighted by atomic mass is 16.2. The molecule has 6 nitrogen and oxygen atoms in total. The number of nitrogens with zero attached hydrogens (tertiary/aromatic N) is 3. The fraction of sp³-hybridized carbons (Fsp3) is 0.632. The minimum atomic E-state index is -0.598. The normalized spacial score (nSPS) is 28.7. The zero-order valence-corrected chi connectivity index (χ0v) is 14.6. The highest BCUT2D eigenvalue weighted by Crippen LogP contribution is 2.32. The molecule has 2 aliphatic heterocycles. The van der Waals surface area contributed by atoms with Crippen molar-refractivity contribution in [2.45, 2.75) is 57.0 Å². The predicted molar refractivity (Wildman–Crippen MR) is 95.7 cm³/mol. The molecule has 0 spiro atoms. The van der Waals surface area contributed by atoms with Crippen molar-refractivity contribution in [3.05, 3.63) is 23.8 Å². The lowest BCUT2D eigenvalue weighted by Gasteiger charge is -2.40. The number of fused-ring (bicyclic) bond motifs is 1. The maximum Gasteiger partial charge on any atom is 0.256 e. The Morgan fingerprint density at radius 1 is 1.08 bits per heavy atom. The Morgan fingerprint density at radius 3 is 2.48 bits per heavy atom. The molecule has 1 saturated carbocycles. The van der Waals surface area contributed by atoms with Crippen LogP contribution in [0.3, 0.4) is 0 Å². The first-order chi connectivity index (χ1) is 12.1. The van der Waals surface area contributed by atoms with E-state index in [0.717, 1.165) is 32.0 Å². The summed E-state index contributed by atoms with van der Waals surface area (Å²) >= 11 is 0. The average molecular weight is 342 g/mol. The van der Waals surface area contributed by atoms with Crippen LogP contribution in [0.15, 0.2) is 28.9 Å². The quantitative estimate of drug-likeness (QED) is 0.846. The third-order valence-corrected chi connectivity index (χ3v) is 6.07. The standard InChI is InChI=1S/C19H26N4O2/c20-18(24)15-7-4-8-16-17(15)19(25)23(21-16)14-9-11-22(12-10-14)13-5-2-1-3-6-13/h4,7-8,13-14,17H,1-3,5-6,9-12H2,(H2,20,24). The van der Waals surface area contributed by atoms with Gasteiger partial charge in [0.2, 0.25) is 5.91 Å². The van der Waals surface area contributed by atoms with Gasteiger partial charge < -0.3 is 10.6 Å². The SMILES string of the molecule is NC(=O)C1=CC=CC2=NN(C3CCN(C4CCCCC4)CC3)C(=O)C12. The van der Waals surface area contributed by atoms with E-state index in [2.05, 4.69) is 10.0 Å². The number of hydrogen-bond donors (Lipinski definition) is 1. The monoisotopic (exact) mass is 342 g/mol. The Labute approximate surface area is 148 Å². The van der Waals surface area contributed by atoms with Gasteiger partial charge in [-0.25, -0.2) is 5.01 Å². The van der Waals surface area contributed by atoms with E-state index in [4.69, 9.17) is 5.73 Å². The lowest BCUT2D eigenvalue weighted by atomic mass is 9.88. The van der Waals surface area contributed by atoms with Gasteiger partial charge in [-0.05, 0) is 31.8 Å². The van der Waals surface area contributed by atoms with Gasteiger partial charge in [0.05, 0.1) is 11.8 Å². The molecule has 0 aromatic rings. The molecule has 1 saturated heterocycles. The Morgan fingerprint density at radius 2 is 1.80 bits per heavy atom. The summed E-state index contributed by atoms with van der Waals surface area (Å²) in [6.07, 6.45) is 13.8. The molecule has 1 unspecified atom stereocenters. The van der Waals surface area contributed by atoms with E-state index in [1.165, 1.54) is 32.1 Å². The summed E-state index contributed by atoms with van der Waals surface area (Å²) in [5.74, 6) is -1.23. The zero-order valence-electron chi connectivity index (χ0n) is 14.6. The molecular weight excluding hydrogens is 316 g/mol. The summed E-state index contributed by atoms with van der Waals surface area (Å²) in [6, 6.07) is 0.859. The smallest absolute Gasteiger partial charge is 0.256 e. The van der Waals surface area contributed by atoms with E-state index in [1.807, 2.05) is 6.08 Å². The number of carbonyl (C=O) groups excluding carboxylic acids is 2. The van der Waals surface area contributed by atoms with Crippen molar-refractivity contribution >= 4 is 17.5 Å². The largest absolute Gasteiger partial charge is 0.366 e. The van der Waals surface area contributed by atoms with Crippen molar-refractivity contribution in [1.82, 2.24) is 9.91 Å². The number of amides is 2. The van der Waals surface area contributed by atoms with E-state index in [9.17, 15) is 9.59 Å².